The number of amides is 1. The van der Waals surface area contributed by atoms with Gasteiger partial charge in [0.25, 0.3) is 5.91 Å². The summed E-state index contributed by atoms with van der Waals surface area (Å²) in [5.41, 5.74) is 3.63. The van der Waals surface area contributed by atoms with Crippen molar-refractivity contribution < 1.29 is 28.7 Å². The second kappa shape index (κ2) is 11.6. The monoisotopic (exact) mass is 342 g/mol. The first kappa shape index (κ1) is 21.1. The predicted molar refractivity (Wildman–Crippen MR) is 80.5 cm³/mol. The third kappa shape index (κ3) is 8.51. The zero-order valence-corrected chi connectivity index (χ0v) is 12.2. The van der Waals surface area contributed by atoms with Gasteiger partial charge < -0.3 is 10.3 Å². The summed E-state index contributed by atoms with van der Waals surface area (Å²) in [6, 6.07) is 9.78. The van der Waals surface area contributed by atoms with Crippen LogP contribution in [-0.4, -0.2) is 22.2 Å². The van der Waals surface area contributed by atoms with E-state index in [9.17, 15) is 18.4 Å². The highest BCUT2D eigenvalue weighted by atomic mass is 19.1. The van der Waals surface area contributed by atoms with Crippen molar-refractivity contribution in [2.24, 2.45) is 11.7 Å². The molecule has 0 aliphatic heterocycles. The van der Waals surface area contributed by atoms with E-state index in [2.05, 4.69) is 5.84 Å². The third-order valence-electron chi connectivity index (χ3n) is 2.33. The average Bonchev–Trinajstić information content (AvgIpc) is 2.56. The second-order valence-electron chi connectivity index (χ2n) is 3.92. The number of rotatable bonds is 2. The molecule has 2 aromatic carbocycles. The van der Waals surface area contributed by atoms with Gasteiger partial charge in [0.2, 0.25) is 0 Å². The molecule has 0 aliphatic rings. The minimum atomic E-state index is -1.04. The summed E-state index contributed by atoms with van der Waals surface area (Å²) >= 11 is 0. The SMILES string of the molecule is NNC(=O)c1ccc(F)cc1.NNO.O=C(O)c1ccc(F)cc1. The third-order valence-corrected chi connectivity index (χ3v) is 2.33. The van der Waals surface area contributed by atoms with Gasteiger partial charge >= 0.3 is 5.97 Å². The van der Waals surface area contributed by atoms with Crippen LogP contribution in [0, 0.1) is 11.6 Å². The van der Waals surface area contributed by atoms with E-state index in [1.165, 1.54) is 42.0 Å². The van der Waals surface area contributed by atoms with Crippen molar-refractivity contribution in [1.29, 1.82) is 0 Å². The topological polar surface area (TPSA) is 151 Å². The van der Waals surface area contributed by atoms with Crippen LogP contribution in [-0.2, 0) is 0 Å². The van der Waals surface area contributed by atoms with Gasteiger partial charge in [-0.1, -0.05) is 0 Å². The highest BCUT2D eigenvalue weighted by Gasteiger charge is 2.01. The first-order chi connectivity index (χ1) is 11.3. The molecule has 0 aliphatic carbocycles. The van der Waals surface area contributed by atoms with Crippen molar-refractivity contribution in [2.75, 3.05) is 0 Å². The summed E-state index contributed by atoms with van der Waals surface area (Å²) in [6.45, 7) is 0. The molecule has 0 aromatic heterocycles. The number of aromatic carboxylic acids is 1. The van der Waals surface area contributed by atoms with Gasteiger partial charge in [0.15, 0.2) is 0 Å². The molecule has 10 heteroatoms. The molecule has 0 unspecified atom stereocenters. The fourth-order valence-electron chi connectivity index (χ4n) is 1.28. The largest absolute Gasteiger partial charge is 0.478 e. The van der Waals surface area contributed by atoms with Crippen LogP contribution in [0.1, 0.15) is 20.7 Å². The van der Waals surface area contributed by atoms with Crippen molar-refractivity contribution in [3.63, 3.8) is 0 Å². The number of carbonyl (C=O) groups is 2. The fraction of sp³-hybridized carbons (Fsp3) is 0. The quantitative estimate of drug-likeness (QED) is 0.268. The van der Waals surface area contributed by atoms with Gasteiger partial charge in [0.05, 0.1) is 5.56 Å². The number of nitrogens with one attached hydrogen (secondary N) is 2. The maximum absolute atomic E-state index is 12.3. The zero-order valence-electron chi connectivity index (χ0n) is 12.2. The Kier molecular flexibility index (Phi) is 10.2. The summed E-state index contributed by atoms with van der Waals surface area (Å²) in [5.74, 6) is 6.73. The lowest BCUT2D eigenvalue weighted by atomic mass is 10.2. The molecule has 0 radical (unpaired) electrons. The summed E-state index contributed by atoms with van der Waals surface area (Å²) < 4.78 is 24.4. The minimum Gasteiger partial charge on any atom is -0.478 e. The fourth-order valence-corrected chi connectivity index (χ4v) is 1.28. The van der Waals surface area contributed by atoms with E-state index in [4.69, 9.17) is 16.2 Å². The molecule has 2 aromatic rings. The van der Waals surface area contributed by atoms with Crippen molar-refractivity contribution >= 4 is 11.9 Å². The molecule has 130 valence electrons. The lowest BCUT2D eigenvalue weighted by Crippen LogP contribution is -2.29. The Morgan fingerprint density at radius 2 is 1.17 bits per heavy atom. The smallest absolute Gasteiger partial charge is 0.335 e. The molecular weight excluding hydrogens is 326 g/mol. The standard InChI is InChI=1S/C7H7FN2O.C7H5FO2.H4N2O/c8-6-3-1-5(2-4-6)7(11)10-9;8-6-3-1-5(2-4-6)7(9)10;1-2-3/h1-4H,9H2,(H,10,11);1-4H,(H,9,10);2-3H,1H2. The number of hydrazine groups is 2. The van der Waals surface area contributed by atoms with Gasteiger partial charge in [-0.2, -0.15) is 0 Å². The molecule has 8 nitrogen and oxygen atoms in total. The van der Waals surface area contributed by atoms with E-state index in [1.807, 2.05) is 5.43 Å². The van der Waals surface area contributed by atoms with Crippen LogP contribution in [0.25, 0.3) is 0 Å². The number of carboxylic acid groups (broad SMARTS) is 1. The van der Waals surface area contributed by atoms with Crippen LogP contribution in [0.5, 0.6) is 0 Å². The van der Waals surface area contributed by atoms with Gasteiger partial charge in [-0.15, -0.1) is 5.59 Å². The Morgan fingerprint density at radius 3 is 1.46 bits per heavy atom. The summed E-state index contributed by atoms with van der Waals surface area (Å²) in [4.78, 5) is 21.0. The Bertz CT molecular complexity index is 636. The number of benzene rings is 2. The lowest BCUT2D eigenvalue weighted by Gasteiger charge is -1.97. The molecule has 0 fully saturated rings. The van der Waals surface area contributed by atoms with Gasteiger partial charge in [-0.05, 0) is 48.5 Å². The molecule has 0 saturated heterocycles. The normalized spacial score (nSPS) is 8.88. The summed E-state index contributed by atoms with van der Waals surface area (Å²) in [6.07, 6.45) is 0. The predicted octanol–water partition coefficient (Wildman–Crippen LogP) is 0.792. The molecule has 1 amide bonds. The van der Waals surface area contributed by atoms with E-state index in [0.29, 0.717) is 5.56 Å². The maximum atomic E-state index is 12.3. The highest BCUT2D eigenvalue weighted by molar-refractivity contribution is 5.93. The van der Waals surface area contributed by atoms with Crippen molar-refractivity contribution in [3.8, 4) is 0 Å². The minimum absolute atomic E-state index is 0.0985. The molecule has 0 spiro atoms. The van der Waals surface area contributed by atoms with Crippen LogP contribution >= 0.6 is 0 Å². The van der Waals surface area contributed by atoms with Gasteiger partial charge in [-0.25, -0.2) is 25.3 Å². The number of carbonyl (C=O) groups excluding carboxylic acids is 1. The van der Waals surface area contributed by atoms with Gasteiger partial charge in [0.1, 0.15) is 11.6 Å². The lowest BCUT2D eigenvalue weighted by molar-refractivity contribution is 0.0696. The number of nitrogens with two attached hydrogens (primary N) is 2. The maximum Gasteiger partial charge on any atom is 0.335 e. The molecule has 2 rings (SSSR count). The van der Waals surface area contributed by atoms with Gasteiger partial charge in [0, 0.05) is 5.56 Å². The Labute approximate surface area is 135 Å². The molecular formula is C14H16F2N4O4. The first-order valence-electron chi connectivity index (χ1n) is 6.20. The Morgan fingerprint density at radius 1 is 0.833 bits per heavy atom. The molecule has 0 bridgehead atoms. The van der Waals surface area contributed by atoms with Crippen LogP contribution in [0.15, 0.2) is 48.5 Å². The van der Waals surface area contributed by atoms with Crippen LogP contribution in [0.3, 0.4) is 0 Å². The second-order valence-corrected chi connectivity index (χ2v) is 3.92. The van der Waals surface area contributed by atoms with E-state index >= 15 is 0 Å². The van der Waals surface area contributed by atoms with Crippen molar-refractivity contribution in [2.45, 2.75) is 0 Å². The Hall–Kier alpha value is -2.92. The van der Waals surface area contributed by atoms with Gasteiger partial charge in [-0.3, -0.25) is 10.2 Å². The highest BCUT2D eigenvalue weighted by Crippen LogP contribution is 2.02. The number of carboxylic acids is 1. The molecule has 0 heterocycles. The van der Waals surface area contributed by atoms with E-state index in [0.717, 1.165) is 12.1 Å². The van der Waals surface area contributed by atoms with E-state index in [1.54, 1.807) is 0 Å². The molecule has 0 atom stereocenters. The average molecular weight is 342 g/mol. The van der Waals surface area contributed by atoms with Crippen molar-refractivity contribution in [1.82, 2.24) is 11.0 Å². The zero-order chi connectivity index (χ0) is 18.5. The summed E-state index contributed by atoms with van der Waals surface area (Å²) in [7, 11) is 0. The van der Waals surface area contributed by atoms with Crippen LogP contribution in [0.2, 0.25) is 0 Å². The van der Waals surface area contributed by atoms with Crippen molar-refractivity contribution in [3.05, 3.63) is 71.3 Å². The number of halogens is 2. The molecule has 8 N–H and O–H groups in total. The molecule has 24 heavy (non-hydrogen) atoms. The van der Waals surface area contributed by atoms with E-state index < -0.39 is 17.7 Å². The number of nitrogen functional groups attached to an aromatic ring is 1. The van der Waals surface area contributed by atoms with Crippen LogP contribution in [0.4, 0.5) is 8.78 Å². The Balaban J connectivity index is 0.000000381. The number of hydrogen-bond acceptors (Lipinski definition) is 6. The number of hydrogen-bond donors (Lipinski definition) is 6. The first-order valence-corrected chi connectivity index (χ1v) is 6.20. The van der Waals surface area contributed by atoms with E-state index in [-0.39, 0.29) is 11.4 Å². The van der Waals surface area contributed by atoms with Crippen LogP contribution < -0.4 is 22.7 Å². The summed E-state index contributed by atoms with van der Waals surface area (Å²) in [5, 5.41) is 15.5. The molecule has 0 saturated carbocycles.